The predicted octanol–water partition coefficient (Wildman–Crippen LogP) is 2.30. The molecule has 3 aliphatic heterocycles. The Labute approximate surface area is 200 Å². The molecule has 2 amide bonds. The van der Waals surface area contributed by atoms with Crippen LogP contribution in [-0.4, -0.2) is 69.8 Å². The van der Waals surface area contributed by atoms with E-state index in [1.807, 2.05) is 39.0 Å². The van der Waals surface area contributed by atoms with Gasteiger partial charge in [-0.3, -0.25) is 14.4 Å². The number of aliphatic hydroxyl groups is 1. The Kier molecular flexibility index (Phi) is 6.10. The molecule has 0 radical (unpaired) electrons. The van der Waals surface area contributed by atoms with Gasteiger partial charge in [0.05, 0.1) is 11.5 Å². The van der Waals surface area contributed by atoms with Gasteiger partial charge in [0.2, 0.25) is 5.91 Å². The van der Waals surface area contributed by atoms with Crippen LogP contribution in [0.4, 0.5) is 5.69 Å². The molecule has 2 N–H and O–H groups in total. The molecule has 8 nitrogen and oxygen atoms in total. The molecular formula is C26H34N2O6. The molecule has 1 spiro atoms. The monoisotopic (exact) mass is 470 g/mol. The van der Waals surface area contributed by atoms with Gasteiger partial charge in [-0.25, -0.2) is 0 Å². The number of ether oxygens (including phenoxy) is 1. The first-order valence-electron chi connectivity index (χ1n) is 11.9. The number of anilines is 1. The third-order valence-corrected chi connectivity index (χ3v) is 8.16. The van der Waals surface area contributed by atoms with Crippen molar-refractivity contribution < 1.29 is 29.3 Å². The Bertz CT molecular complexity index is 1020. The standard InChI is InChI=1S/C26H34N2O6/c1-6-11-27(20-15(2)9-7-10-16(20)3)23(31)21-26-14-17(4)25(5,34-26)19(24(32)33)18(26)22(30)28(21)12-8-13-29/h6-7,9-10,17-19,21,29H,1,8,11-14H2,2-5H3,(H,32,33)/t17?,18-,19-,21?,25+,26?/m0/s1. The van der Waals surface area contributed by atoms with Crippen LogP contribution in [0.3, 0.4) is 0 Å². The van der Waals surface area contributed by atoms with Crippen LogP contribution in [-0.2, 0) is 19.1 Å². The summed E-state index contributed by atoms with van der Waals surface area (Å²) in [6, 6.07) is 4.80. The molecule has 3 fully saturated rings. The zero-order chi connectivity index (χ0) is 25.0. The number of carbonyl (C=O) groups is 3. The van der Waals surface area contributed by atoms with Crippen molar-refractivity contribution in [3.63, 3.8) is 0 Å². The zero-order valence-corrected chi connectivity index (χ0v) is 20.3. The first-order valence-corrected chi connectivity index (χ1v) is 11.9. The number of para-hydroxylation sites is 1. The van der Waals surface area contributed by atoms with Crippen LogP contribution in [0.5, 0.6) is 0 Å². The highest BCUT2D eigenvalue weighted by atomic mass is 16.5. The van der Waals surface area contributed by atoms with E-state index in [1.54, 1.807) is 17.9 Å². The van der Waals surface area contributed by atoms with Crippen LogP contribution in [0.25, 0.3) is 0 Å². The highest BCUT2D eigenvalue weighted by Crippen LogP contribution is 2.65. The fourth-order valence-electron chi connectivity index (χ4n) is 6.68. The lowest BCUT2D eigenvalue weighted by Crippen LogP contribution is -2.57. The maximum absolute atomic E-state index is 14.4. The van der Waals surface area contributed by atoms with Gasteiger partial charge in [-0.15, -0.1) is 6.58 Å². The van der Waals surface area contributed by atoms with Crippen molar-refractivity contribution >= 4 is 23.5 Å². The van der Waals surface area contributed by atoms with Crippen molar-refractivity contribution in [2.45, 2.75) is 57.8 Å². The summed E-state index contributed by atoms with van der Waals surface area (Å²) in [5, 5.41) is 19.6. The predicted molar refractivity (Wildman–Crippen MR) is 126 cm³/mol. The Balaban J connectivity index is 1.86. The molecule has 0 aromatic heterocycles. The number of carboxylic acids is 1. The minimum Gasteiger partial charge on any atom is -0.481 e. The van der Waals surface area contributed by atoms with Crippen molar-refractivity contribution in [3.05, 3.63) is 42.0 Å². The molecule has 0 saturated carbocycles. The average Bonchev–Trinajstić information content (AvgIpc) is 3.28. The van der Waals surface area contributed by atoms with Crippen LogP contribution in [0, 0.1) is 31.6 Å². The van der Waals surface area contributed by atoms with E-state index in [4.69, 9.17) is 4.74 Å². The minimum absolute atomic E-state index is 0.140. The summed E-state index contributed by atoms with van der Waals surface area (Å²) in [6.07, 6.45) is 2.35. The van der Waals surface area contributed by atoms with E-state index in [1.165, 1.54) is 4.90 Å². The number of likely N-dealkylation sites (tertiary alicyclic amines) is 1. The Morgan fingerprint density at radius 1 is 1.32 bits per heavy atom. The van der Waals surface area contributed by atoms with E-state index in [0.29, 0.717) is 6.42 Å². The highest BCUT2D eigenvalue weighted by molar-refractivity contribution is 6.05. The van der Waals surface area contributed by atoms with E-state index >= 15 is 0 Å². The molecule has 3 heterocycles. The van der Waals surface area contributed by atoms with Gasteiger partial charge in [0.15, 0.2) is 0 Å². The number of aliphatic hydroxyl groups excluding tert-OH is 1. The van der Waals surface area contributed by atoms with Crippen LogP contribution in [0.15, 0.2) is 30.9 Å². The molecule has 3 aliphatic rings. The van der Waals surface area contributed by atoms with E-state index in [-0.39, 0.29) is 43.8 Å². The van der Waals surface area contributed by atoms with Gasteiger partial charge in [0, 0.05) is 25.4 Å². The zero-order valence-electron chi connectivity index (χ0n) is 20.3. The van der Waals surface area contributed by atoms with Gasteiger partial charge in [-0.1, -0.05) is 31.2 Å². The summed E-state index contributed by atoms with van der Waals surface area (Å²) in [7, 11) is 0. The van der Waals surface area contributed by atoms with Gasteiger partial charge < -0.3 is 24.7 Å². The maximum atomic E-state index is 14.4. The third-order valence-electron chi connectivity index (χ3n) is 8.16. The molecule has 8 heteroatoms. The smallest absolute Gasteiger partial charge is 0.310 e. The summed E-state index contributed by atoms with van der Waals surface area (Å²) in [5.74, 6) is -3.89. The number of benzene rings is 1. The van der Waals surface area contributed by atoms with Crippen molar-refractivity contribution in [2.75, 3.05) is 24.6 Å². The molecule has 0 aliphatic carbocycles. The number of nitrogens with zero attached hydrogens (tertiary/aromatic N) is 2. The normalized spacial score (nSPS) is 33.8. The van der Waals surface area contributed by atoms with Gasteiger partial charge in [0.1, 0.15) is 17.6 Å². The van der Waals surface area contributed by atoms with Gasteiger partial charge in [-0.2, -0.15) is 0 Å². The molecule has 184 valence electrons. The summed E-state index contributed by atoms with van der Waals surface area (Å²) in [6.45, 7) is 11.6. The second-order valence-corrected chi connectivity index (χ2v) is 10.1. The van der Waals surface area contributed by atoms with Gasteiger partial charge in [0.25, 0.3) is 5.91 Å². The number of fused-ring (bicyclic) bond motifs is 1. The SMILES string of the molecule is C=CCN(C(=O)C1N(CCCO)C(=O)[C@@H]2[C@@H](C(=O)O)[C@]3(C)OC12CC3C)c1c(C)cccc1C. The first kappa shape index (κ1) is 24.4. The van der Waals surface area contributed by atoms with Crippen molar-refractivity contribution in [2.24, 2.45) is 17.8 Å². The number of hydrogen-bond acceptors (Lipinski definition) is 5. The Hall–Kier alpha value is -2.71. The largest absolute Gasteiger partial charge is 0.481 e. The van der Waals surface area contributed by atoms with Crippen molar-refractivity contribution in [3.8, 4) is 0 Å². The van der Waals surface area contributed by atoms with Crippen LogP contribution >= 0.6 is 0 Å². The molecule has 4 rings (SSSR count). The summed E-state index contributed by atoms with van der Waals surface area (Å²) in [5.41, 5.74) is 0.321. The molecule has 6 atom stereocenters. The summed E-state index contributed by atoms with van der Waals surface area (Å²) in [4.78, 5) is 43.5. The fraction of sp³-hybridized carbons (Fsp3) is 0.577. The lowest BCUT2D eigenvalue weighted by Gasteiger charge is -2.37. The number of aliphatic carboxylic acids is 1. The fourth-order valence-corrected chi connectivity index (χ4v) is 6.68. The second kappa shape index (κ2) is 8.50. The Morgan fingerprint density at radius 2 is 1.97 bits per heavy atom. The lowest BCUT2D eigenvalue weighted by atomic mass is 9.62. The third kappa shape index (κ3) is 3.22. The number of aryl methyl sites for hydroxylation is 2. The first-order chi connectivity index (χ1) is 16.0. The van der Waals surface area contributed by atoms with E-state index in [9.17, 15) is 24.6 Å². The maximum Gasteiger partial charge on any atom is 0.310 e. The van der Waals surface area contributed by atoms with Gasteiger partial charge >= 0.3 is 5.97 Å². The number of carboxylic acid groups (broad SMARTS) is 1. The van der Waals surface area contributed by atoms with Crippen LogP contribution in [0.1, 0.15) is 37.8 Å². The molecule has 3 saturated heterocycles. The number of carbonyl (C=O) groups excluding carboxylic acids is 2. The number of amides is 2. The Morgan fingerprint density at radius 3 is 2.53 bits per heavy atom. The number of rotatable bonds is 8. The molecule has 3 unspecified atom stereocenters. The average molecular weight is 471 g/mol. The summed E-state index contributed by atoms with van der Waals surface area (Å²) < 4.78 is 6.52. The van der Waals surface area contributed by atoms with E-state index in [0.717, 1.165) is 16.8 Å². The van der Waals surface area contributed by atoms with E-state index < -0.39 is 35.0 Å². The molecular weight excluding hydrogens is 436 g/mol. The second-order valence-electron chi connectivity index (χ2n) is 10.1. The van der Waals surface area contributed by atoms with Crippen LogP contribution in [0.2, 0.25) is 0 Å². The molecule has 1 aromatic carbocycles. The minimum atomic E-state index is -1.23. The highest BCUT2D eigenvalue weighted by Gasteiger charge is 2.80. The van der Waals surface area contributed by atoms with E-state index in [2.05, 4.69) is 6.58 Å². The lowest BCUT2D eigenvalue weighted by molar-refractivity contribution is -0.156. The van der Waals surface area contributed by atoms with Gasteiger partial charge in [-0.05, 0) is 50.7 Å². The molecule has 34 heavy (non-hydrogen) atoms. The molecule has 1 aromatic rings. The molecule has 2 bridgehead atoms. The van der Waals surface area contributed by atoms with Crippen LogP contribution < -0.4 is 4.90 Å². The topological polar surface area (TPSA) is 107 Å². The quantitative estimate of drug-likeness (QED) is 0.565. The summed E-state index contributed by atoms with van der Waals surface area (Å²) >= 11 is 0. The van der Waals surface area contributed by atoms with Crippen molar-refractivity contribution in [1.29, 1.82) is 0 Å². The van der Waals surface area contributed by atoms with Crippen molar-refractivity contribution in [1.82, 2.24) is 4.90 Å². The number of hydrogen-bond donors (Lipinski definition) is 2.